The molecule has 0 aliphatic rings. The Hall–Kier alpha value is -2.10. The van der Waals surface area contributed by atoms with Crippen molar-refractivity contribution in [1.29, 1.82) is 0 Å². The summed E-state index contributed by atoms with van der Waals surface area (Å²) >= 11 is 0. The van der Waals surface area contributed by atoms with Crippen LogP contribution < -0.4 is 10.6 Å². The maximum Gasteiger partial charge on any atom is 0.224 e. The topological polar surface area (TPSA) is 49.8 Å². The summed E-state index contributed by atoms with van der Waals surface area (Å²) in [4.78, 5) is 8.59. The Kier molecular flexibility index (Phi) is 5.35. The van der Waals surface area contributed by atoms with Crippen LogP contribution in [0.25, 0.3) is 0 Å². The average molecular weight is 270 g/mol. The normalized spacial score (nSPS) is 11.9. The molecular weight excluding hydrogens is 248 g/mol. The van der Waals surface area contributed by atoms with Crippen LogP contribution in [0.3, 0.4) is 0 Å². The zero-order valence-corrected chi connectivity index (χ0v) is 12.1. The predicted molar refractivity (Wildman–Crippen MR) is 84.0 cm³/mol. The monoisotopic (exact) mass is 270 g/mol. The zero-order chi connectivity index (χ0) is 14.2. The van der Waals surface area contributed by atoms with Gasteiger partial charge in [-0.05, 0) is 38.3 Å². The van der Waals surface area contributed by atoms with E-state index >= 15 is 0 Å². The van der Waals surface area contributed by atoms with E-state index in [1.807, 2.05) is 19.1 Å². The van der Waals surface area contributed by atoms with E-state index in [-0.39, 0.29) is 0 Å². The summed E-state index contributed by atoms with van der Waals surface area (Å²) in [5.41, 5.74) is 1.37. The van der Waals surface area contributed by atoms with Crippen LogP contribution in [0.5, 0.6) is 0 Å². The van der Waals surface area contributed by atoms with Crippen molar-refractivity contribution < 1.29 is 0 Å². The van der Waals surface area contributed by atoms with E-state index in [1.165, 1.54) is 5.56 Å². The van der Waals surface area contributed by atoms with Crippen LogP contribution in [0, 0.1) is 0 Å². The van der Waals surface area contributed by atoms with Crippen molar-refractivity contribution in [3.63, 3.8) is 0 Å². The van der Waals surface area contributed by atoms with E-state index in [0.29, 0.717) is 12.0 Å². The minimum atomic E-state index is 0.375. The van der Waals surface area contributed by atoms with Gasteiger partial charge < -0.3 is 10.6 Å². The van der Waals surface area contributed by atoms with Gasteiger partial charge >= 0.3 is 0 Å². The van der Waals surface area contributed by atoms with Crippen molar-refractivity contribution in [2.75, 3.05) is 17.2 Å². The molecule has 2 N–H and O–H groups in total. The fourth-order valence-corrected chi connectivity index (χ4v) is 2.03. The van der Waals surface area contributed by atoms with Crippen molar-refractivity contribution in [1.82, 2.24) is 9.97 Å². The second-order valence-electron chi connectivity index (χ2n) is 4.87. The van der Waals surface area contributed by atoms with Gasteiger partial charge in [-0.2, -0.15) is 4.98 Å². The largest absolute Gasteiger partial charge is 0.367 e. The number of aromatic nitrogens is 2. The highest BCUT2D eigenvalue weighted by Crippen LogP contribution is 2.11. The van der Waals surface area contributed by atoms with Gasteiger partial charge in [-0.3, -0.25) is 0 Å². The third kappa shape index (κ3) is 4.53. The molecule has 0 radical (unpaired) electrons. The van der Waals surface area contributed by atoms with Gasteiger partial charge in [-0.1, -0.05) is 30.3 Å². The Morgan fingerprint density at radius 1 is 1.15 bits per heavy atom. The van der Waals surface area contributed by atoms with Crippen LogP contribution in [0.15, 0.2) is 42.6 Å². The summed E-state index contributed by atoms with van der Waals surface area (Å²) in [5, 5.41) is 6.54. The Morgan fingerprint density at radius 2 is 1.95 bits per heavy atom. The van der Waals surface area contributed by atoms with Gasteiger partial charge in [-0.15, -0.1) is 0 Å². The molecule has 2 aromatic rings. The molecule has 0 aliphatic carbocycles. The van der Waals surface area contributed by atoms with Crippen molar-refractivity contribution >= 4 is 11.8 Å². The van der Waals surface area contributed by atoms with Crippen LogP contribution in [0.4, 0.5) is 11.8 Å². The fourth-order valence-electron chi connectivity index (χ4n) is 2.03. The van der Waals surface area contributed by atoms with Crippen LogP contribution >= 0.6 is 0 Å². The summed E-state index contributed by atoms with van der Waals surface area (Å²) in [6.45, 7) is 5.04. The van der Waals surface area contributed by atoms with Gasteiger partial charge in [-0.25, -0.2) is 4.98 Å². The molecule has 0 fully saturated rings. The molecule has 1 aromatic carbocycles. The molecule has 0 aliphatic heterocycles. The third-order valence-corrected chi connectivity index (χ3v) is 3.09. The van der Waals surface area contributed by atoms with Gasteiger partial charge in [0.25, 0.3) is 0 Å². The zero-order valence-electron chi connectivity index (χ0n) is 12.1. The number of aryl methyl sites for hydroxylation is 1. The van der Waals surface area contributed by atoms with Crippen LogP contribution in [0.2, 0.25) is 0 Å². The first kappa shape index (κ1) is 14.3. The molecule has 0 saturated heterocycles. The van der Waals surface area contributed by atoms with Crippen LogP contribution in [-0.4, -0.2) is 22.6 Å². The Balaban J connectivity index is 1.84. The summed E-state index contributed by atoms with van der Waals surface area (Å²) in [6, 6.07) is 12.8. The lowest BCUT2D eigenvalue weighted by molar-refractivity contribution is 0.702. The molecule has 4 heteroatoms. The molecule has 106 valence electrons. The molecule has 1 unspecified atom stereocenters. The van der Waals surface area contributed by atoms with Crippen LogP contribution in [0.1, 0.15) is 25.8 Å². The second kappa shape index (κ2) is 7.48. The number of anilines is 2. The minimum absolute atomic E-state index is 0.375. The predicted octanol–water partition coefficient (Wildman–Crippen LogP) is 3.34. The lowest BCUT2D eigenvalue weighted by Crippen LogP contribution is -2.17. The standard InChI is InChI=1S/C16H22N4/c1-3-17-16-18-12-11-15(20-16)19-13(2)9-10-14-7-5-4-6-8-14/h4-8,11-13H,3,9-10H2,1-2H3,(H2,17,18,19,20). The molecule has 0 spiro atoms. The lowest BCUT2D eigenvalue weighted by Gasteiger charge is -2.15. The first-order chi connectivity index (χ1) is 9.78. The molecule has 1 heterocycles. The van der Waals surface area contributed by atoms with Gasteiger partial charge in [0.15, 0.2) is 0 Å². The van der Waals surface area contributed by atoms with Crippen LogP contribution in [-0.2, 0) is 6.42 Å². The Labute approximate surface area is 120 Å². The maximum absolute atomic E-state index is 4.42. The molecule has 20 heavy (non-hydrogen) atoms. The van der Waals surface area contributed by atoms with E-state index in [0.717, 1.165) is 25.2 Å². The highest BCUT2D eigenvalue weighted by molar-refractivity contribution is 5.40. The molecule has 0 saturated carbocycles. The highest BCUT2D eigenvalue weighted by atomic mass is 15.1. The Morgan fingerprint density at radius 3 is 2.70 bits per heavy atom. The number of nitrogens with zero attached hydrogens (tertiary/aromatic N) is 2. The molecule has 1 aromatic heterocycles. The fraction of sp³-hybridized carbons (Fsp3) is 0.375. The summed E-state index contributed by atoms with van der Waals surface area (Å²) in [6.07, 6.45) is 3.92. The minimum Gasteiger partial charge on any atom is -0.367 e. The van der Waals surface area contributed by atoms with Gasteiger partial charge in [0.1, 0.15) is 5.82 Å². The quantitative estimate of drug-likeness (QED) is 0.810. The second-order valence-corrected chi connectivity index (χ2v) is 4.87. The average Bonchev–Trinajstić information content (AvgIpc) is 2.47. The van der Waals surface area contributed by atoms with E-state index in [2.05, 4.69) is 51.8 Å². The number of hydrogen-bond acceptors (Lipinski definition) is 4. The SMILES string of the molecule is CCNc1nccc(NC(C)CCc2ccccc2)n1. The van der Waals surface area contributed by atoms with E-state index in [4.69, 9.17) is 0 Å². The number of benzene rings is 1. The summed E-state index contributed by atoms with van der Waals surface area (Å²) < 4.78 is 0. The van der Waals surface area contributed by atoms with Crippen molar-refractivity contribution in [2.45, 2.75) is 32.7 Å². The van der Waals surface area contributed by atoms with Crippen molar-refractivity contribution in [3.8, 4) is 0 Å². The van der Waals surface area contributed by atoms with Gasteiger partial charge in [0.05, 0.1) is 0 Å². The molecule has 0 amide bonds. The number of nitrogens with one attached hydrogen (secondary N) is 2. The maximum atomic E-state index is 4.42. The van der Waals surface area contributed by atoms with Crippen molar-refractivity contribution in [2.24, 2.45) is 0 Å². The first-order valence-corrected chi connectivity index (χ1v) is 7.15. The third-order valence-electron chi connectivity index (χ3n) is 3.09. The van der Waals surface area contributed by atoms with E-state index in [1.54, 1.807) is 6.20 Å². The molecule has 0 bridgehead atoms. The highest BCUT2D eigenvalue weighted by Gasteiger charge is 2.04. The first-order valence-electron chi connectivity index (χ1n) is 7.15. The van der Waals surface area contributed by atoms with E-state index in [9.17, 15) is 0 Å². The summed E-state index contributed by atoms with van der Waals surface area (Å²) in [7, 11) is 0. The summed E-state index contributed by atoms with van der Waals surface area (Å²) in [5.74, 6) is 1.55. The molecular formula is C16H22N4. The molecule has 4 nitrogen and oxygen atoms in total. The molecule has 1 atom stereocenters. The Bertz CT molecular complexity index is 513. The number of hydrogen-bond donors (Lipinski definition) is 2. The van der Waals surface area contributed by atoms with E-state index < -0.39 is 0 Å². The van der Waals surface area contributed by atoms with Gasteiger partial charge in [0, 0.05) is 18.8 Å². The van der Waals surface area contributed by atoms with Gasteiger partial charge in [0.2, 0.25) is 5.95 Å². The smallest absolute Gasteiger partial charge is 0.224 e. The number of rotatable bonds is 7. The lowest BCUT2D eigenvalue weighted by atomic mass is 10.1. The van der Waals surface area contributed by atoms with Crippen molar-refractivity contribution in [3.05, 3.63) is 48.2 Å². The molecule has 2 rings (SSSR count).